The van der Waals surface area contributed by atoms with E-state index in [1.807, 2.05) is 24.3 Å². The molecule has 3 aromatic rings. The minimum atomic E-state index is -0.259. The third kappa shape index (κ3) is 3.87. The van der Waals surface area contributed by atoms with Crippen molar-refractivity contribution in [2.45, 2.75) is 6.42 Å². The number of nitrogens with zero attached hydrogens (tertiary/aromatic N) is 1. The third-order valence-corrected chi connectivity index (χ3v) is 3.63. The summed E-state index contributed by atoms with van der Waals surface area (Å²) < 4.78 is 19.0. The van der Waals surface area contributed by atoms with Gasteiger partial charge >= 0.3 is 0 Å². The number of para-hydroxylation sites is 1. The fraction of sp³-hybridized carbons (Fsp3) is 0.158. The smallest absolute Gasteiger partial charge is 0.257 e. The van der Waals surface area contributed by atoms with E-state index in [-0.39, 0.29) is 18.3 Å². The van der Waals surface area contributed by atoms with Crippen LogP contribution < -0.4 is 10.1 Å². The second-order valence-corrected chi connectivity index (χ2v) is 5.31. The van der Waals surface area contributed by atoms with Crippen LogP contribution in [0.3, 0.4) is 0 Å². The van der Waals surface area contributed by atoms with E-state index in [2.05, 4.69) is 10.3 Å². The van der Waals surface area contributed by atoms with Crippen molar-refractivity contribution < 1.29 is 13.9 Å². The van der Waals surface area contributed by atoms with Crippen LogP contribution in [0.2, 0.25) is 0 Å². The van der Waals surface area contributed by atoms with E-state index in [9.17, 15) is 9.18 Å². The topological polar surface area (TPSA) is 51.2 Å². The largest absolute Gasteiger partial charge is 0.481 e. The summed E-state index contributed by atoms with van der Waals surface area (Å²) in [6, 6.07) is 15.9. The first kappa shape index (κ1) is 15.9. The second-order valence-electron chi connectivity index (χ2n) is 5.31. The molecule has 2 aromatic carbocycles. The van der Waals surface area contributed by atoms with Gasteiger partial charge in [-0.25, -0.2) is 4.39 Å². The Labute approximate surface area is 139 Å². The first-order valence-electron chi connectivity index (χ1n) is 7.71. The van der Waals surface area contributed by atoms with Gasteiger partial charge in [0.1, 0.15) is 17.1 Å². The molecule has 1 N–H and O–H groups in total. The molecule has 122 valence electrons. The van der Waals surface area contributed by atoms with Gasteiger partial charge < -0.3 is 10.1 Å². The van der Waals surface area contributed by atoms with Crippen LogP contribution in [0.1, 0.15) is 5.56 Å². The number of hydrogen-bond acceptors (Lipinski definition) is 3. The number of amides is 1. The van der Waals surface area contributed by atoms with Gasteiger partial charge in [0.2, 0.25) is 0 Å². The van der Waals surface area contributed by atoms with Crippen LogP contribution in [0.25, 0.3) is 10.9 Å². The molecule has 0 atom stereocenters. The van der Waals surface area contributed by atoms with Gasteiger partial charge in [0.25, 0.3) is 5.91 Å². The van der Waals surface area contributed by atoms with E-state index >= 15 is 0 Å². The Morgan fingerprint density at radius 1 is 1.08 bits per heavy atom. The number of ether oxygens (including phenoxy) is 1. The number of pyridine rings is 1. The number of fused-ring (bicyclic) bond motifs is 1. The highest BCUT2D eigenvalue weighted by Gasteiger charge is 2.07. The zero-order chi connectivity index (χ0) is 16.8. The quantitative estimate of drug-likeness (QED) is 0.758. The molecule has 24 heavy (non-hydrogen) atoms. The Bertz CT molecular complexity index is 846. The summed E-state index contributed by atoms with van der Waals surface area (Å²) in [6.07, 6.45) is 2.12. The molecule has 0 spiro atoms. The predicted octanol–water partition coefficient (Wildman–Crippen LogP) is 3.11. The summed E-state index contributed by atoms with van der Waals surface area (Å²) >= 11 is 0. The van der Waals surface area contributed by atoms with Gasteiger partial charge in [-0.05, 0) is 30.2 Å². The van der Waals surface area contributed by atoms with Crippen LogP contribution in [0.15, 0.2) is 60.8 Å². The van der Waals surface area contributed by atoms with Crippen molar-refractivity contribution in [1.82, 2.24) is 10.3 Å². The zero-order valence-corrected chi connectivity index (χ0v) is 13.0. The molecule has 0 bridgehead atoms. The monoisotopic (exact) mass is 324 g/mol. The maximum atomic E-state index is 13.5. The van der Waals surface area contributed by atoms with Crippen LogP contribution >= 0.6 is 0 Å². The molecule has 0 aliphatic heterocycles. The highest BCUT2D eigenvalue weighted by atomic mass is 19.1. The number of carbonyl (C=O) groups is 1. The maximum absolute atomic E-state index is 13.5. The van der Waals surface area contributed by atoms with Gasteiger partial charge in [-0.3, -0.25) is 9.78 Å². The van der Waals surface area contributed by atoms with Crippen molar-refractivity contribution in [1.29, 1.82) is 0 Å². The molecule has 0 radical (unpaired) electrons. The summed E-state index contributed by atoms with van der Waals surface area (Å²) in [5.74, 6) is 0.0569. The van der Waals surface area contributed by atoms with Gasteiger partial charge in [0.15, 0.2) is 6.61 Å². The van der Waals surface area contributed by atoms with E-state index in [0.29, 0.717) is 24.3 Å². The molecule has 1 amide bonds. The molecule has 0 fully saturated rings. The highest BCUT2D eigenvalue weighted by molar-refractivity contribution is 5.85. The Kier molecular flexibility index (Phi) is 5.01. The molecular formula is C19H17FN2O2. The maximum Gasteiger partial charge on any atom is 0.257 e. The fourth-order valence-electron chi connectivity index (χ4n) is 2.42. The van der Waals surface area contributed by atoms with Crippen molar-refractivity contribution in [2.75, 3.05) is 13.2 Å². The van der Waals surface area contributed by atoms with Crippen molar-refractivity contribution >= 4 is 16.8 Å². The number of aromatic nitrogens is 1. The summed E-state index contributed by atoms with van der Waals surface area (Å²) in [7, 11) is 0. The van der Waals surface area contributed by atoms with Crippen LogP contribution in [0, 0.1) is 5.82 Å². The standard InChI is InChI=1S/C19H17FN2O2/c20-16-8-2-1-5-14(16)10-12-21-18(23)13-24-17-9-3-6-15-7-4-11-22-19(15)17/h1-9,11H,10,12-13H2,(H,21,23). The SMILES string of the molecule is O=C(COc1cccc2cccnc12)NCCc1ccccc1F. The van der Waals surface area contributed by atoms with Crippen LogP contribution in [0.5, 0.6) is 5.75 Å². The van der Waals surface area contributed by atoms with Crippen molar-refractivity contribution in [3.8, 4) is 5.75 Å². The van der Waals surface area contributed by atoms with E-state index in [1.165, 1.54) is 6.07 Å². The fourth-order valence-corrected chi connectivity index (χ4v) is 2.42. The lowest BCUT2D eigenvalue weighted by Gasteiger charge is -2.09. The first-order chi connectivity index (χ1) is 11.7. The second kappa shape index (κ2) is 7.55. The van der Waals surface area contributed by atoms with Crippen molar-refractivity contribution in [3.63, 3.8) is 0 Å². The van der Waals surface area contributed by atoms with Crippen LogP contribution in [-0.2, 0) is 11.2 Å². The average molecular weight is 324 g/mol. The number of benzene rings is 2. The number of hydrogen-bond donors (Lipinski definition) is 1. The molecular weight excluding hydrogens is 307 g/mol. The van der Waals surface area contributed by atoms with Crippen molar-refractivity contribution in [2.24, 2.45) is 0 Å². The van der Waals surface area contributed by atoms with Gasteiger partial charge in [-0.15, -0.1) is 0 Å². The Hall–Kier alpha value is -2.95. The van der Waals surface area contributed by atoms with E-state index < -0.39 is 0 Å². The third-order valence-electron chi connectivity index (χ3n) is 3.63. The number of nitrogens with one attached hydrogen (secondary N) is 1. The Morgan fingerprint density at radius 2 is 1.92 bits per heavy atom. The summed E-state index contributed by atoms with van der Waals surface area (Å²) in [6.45, 7) is 0.254. The van der Waals surface area contributed by atoms with Gasteiger partial charge in [-0.2, -0.15) is 0 Å². The number of halogens is 1. The molecule has 0 aliphatic rings. The lowest BCUT2D eigenvalue weighted by atomic mass is 10.1. The molecule has 0 saturated carbocycles. The predicted molar refractivity (Wildman–Crippen MR) is 90.4 cm³/mol. The number of carbonyl (C=O) groups excluding carboxylic acids is 1. The molecule has 3 rings (SSSR count). The minimum absolute atomic E-state index is 0.104. The summed E-state index contributed by atoms with van der Waals surface area (Å²) in [5, 5.41) is 3.68. The molecule has 5 heteroatoms. The summed E-state index contributed by atoms with van der Waals surface area (Å²) in [5.41, 5.74) is 1.30. The molecule has 4 nitrogen and oxygen atoms in total. The zero-order valence-electron chi connectivity index (χ0n) is 13.0. The van der Waals surface area contributed by atoms with E-state index in [1.54, 1.807) is 30.5 Å². The van der Waals surface area contributed by atoms with Gasteiger partial charge in [0.05, 0.1) is 0 Å². The lowest BCUT2D eigenvalue weighted by Crippen LogP contribution is -2.30. The van der Waals surface area contributed by atoms with Gasteiger partial charge in [0, 0.05) is 18.1 Å². The van der Waals surface area contributed by atoms with E-state index in [0.717, 1.165) is 10.9 Å². The van der Waals surface area contributed by atoms with Crippen LogP contribution in [-0.4, -0.2) is 24.0 Å². The first-order valence-corrected chi connectivity index (χ1v) is 7.71. The van der Waals surface area contributed by atoms with E-state index in [4.69, 9.17) is 4.74 Å². The van der Waals surface area contributed by atoms with Gasteiger partial charge in [-0.1, -0.05) is 36.4 Å². The molecule has 1 heterocycles. The lowest BCUT2D eigenvalue weighted by molar-refractivity contribution is -0.123. The van der Waals surface area contributed by atoms with Crippen molar-refractivity contribution in [3.05, 3.63) is 72.2 Å². The molecule has 0 saturated heterocycles. The molecule has 0 unspecified atom stereocenters. The Balaban J connectivity index is 1.51. The Morgan fingerprint density at radius 3 is 2.79 bits per heavy atom. The minimum Gasteiger partial charge on any atom is -0.481 e. The molecule has 0 aliphatic carbocycles. The number of rotatable bonds is 6. The normalized spacial score (nSPS) is 10.5. The highest BCUT2D eigenvalue weighted by Crippen LogP contribution is 2.22. The average Bonchev–Trinajstić information content (AvgIpc) is 2.61. The molecule has 1 aromatic heterocycles. The summed E-state index contributed by atoms with van der Waals surface area (Å²) in [4.78, 5) is 16.1. The van der Waals surface area contributed by atoms with Crippen LogP contribution in [0.4, 0.5) is 4.39 Å².